The van der Waals surface area contributed by atoms with Gasteiger partial charge in [-0.05, 0) is 17.7 Å². The topological polar surface area (TPSA) is 81.3 Å². The first-order chi connectivity index (χ1) is 9.30. The Bertz CT molecular complexity index is 465. The third-order valence-electron chi connectivity index (χ3n) is 2.20. The monoisotopic (exact) mass is 262 g/mol. The fourth-order valence-corrected chi connectivity index (χ4v) is 1.25. The van der Waals surface area contributed by atoms with Crippen LogP contribution in [0.1, 0.15) is 11.1 Å². The Kier molecular flexibility index (Phi) is 6.84. The van der Waals surface area contributed by atoms with Crippen LogP contribution in [0.2, 0.25) is 0 Å². The van der Waals surface area contributed by atoms with Crippen LogP contribution in [0.25, 0.3) is 0 Å². The molecule has 1 aromatic carbocycles. The number of halogens is 1. The van der Waals surface area contributed by atoms with Crippen LogP contribution in [0, 0.1) is 16.7 Å². The lowest BCUT2D eigenvalue weighted by Crippen LogP contribution is -2.17. The molecule has 1 rings (SSSR count). The second-order valence-electron chi connectivity index (χ2n) is 3.65. The summed E-state index contributed by atoms with van der Waals surface area (Å²) in [7, 11) is 0. The zero-order chi connectivity index (χ0) is 13.9. The molecule has 0 aliphatic carbocycles. The quantitative estimate of drug-likeness (QED) is 0.424. The number of benzene rings is 1. The maximum absolute atomic E-state index is 11.8. The molecule has 0 unspecified atom stereocenters. The minimum Gasteiger partial charge on any atom is -0.370 e. The van der Waals surface area contributed by atoms with E-state index < -0.39 is 6.67 Å². The third kappa shape index (κ3) is 5.75. The number of hydrogen-bond acceptors (Lipinski definition) is 5. The van der Waals surface area contributed by atoms with Gasteiger partial charge in [0.15, 0.2) is 0 Å². The molecule has 0 bridgehead atoms. The van der Waals surface area contributed by atoms with Crippen molar-refractivity contribution in [3.05, 3.63) is 35.4 Å². The van der Waals surface area contributed by atoms with Crippen LogP contribution < -0.4 is 5.43 Å². The van der Waals surface area contributed by atoms with Crippen molar-refractivity contribution in [3.63, 3.8) is 0 Å². The van der Waals surface area contributed by atoms with Crippen LogP contribution in [0.5, 0.6) is 0 Å². The normalized spacial score (nSPS) is 10.8. The highest BCUT2D eigenvalue weighted by Crippen LogP contribution is 2.04. The number of nitrogens with one attached hydrogen (secondary N) is 2. The minimum absolute atomic E-state index is 0.118. The molecule has 19 heavy (non-hydrogen) atoms. The average Bonchev–Trinajstić information content (AvgIpc) is 2.46. The number of hydrazone groups is 1. The van der Waals surface area contributed by atoms with Crippen molar-refractivity contribution in [2.45, 2.75) is 6.61 Å². The van der Waals surface area contributed by atoms with E-state index in [2.05, 4.69) is 10.5 Å². The van der Waals surface area contributed by atoms with Crippen LogP contribution in [0.4, 0.5) is 4.39 Å². The molecule has 6 heteroatoms. The highest BCUT2D eigenvalue weighted by atomic mass is 19.1. The number of nitrogens with zero attached hydrogens (tertiary/aromatic N) is 2. The number of nitriles is 1. The van der Waals surface area contributed by atoms with Crippen molar-refractivity contribution in [3.8, 4) is 6.07 Å². The lowest BCUT2D eigenvalue weighted by atomic mass is 10.2. The largest absolute Gasteiger partial charge is 0.370 e. The Morgan fingerprint density at radius 2 is 2.21 bits per heavy atom. The SMILES string of the molecule is N#Cc1ccc(COC/C(C=N)=N/NCCF)cc1. The summed E-state index contributed by atoms with van der Waals surface area (Å²) in [5.74, 6) is 0. The summed E-state index contributed by atoms with van der Waals surface area (Å²) in [6.07, 6.45) is 1.06. The van der Waals surface area contributed by atoms with Crippen molar-refractivity contribution >= 4 is 11.9 Å². The standard InChI is InChI=1S/C13H15FN4O/c14-5-6-17-18-13(8-16)10-19-9-12-3-1-11(7-15)2-4-12/h1-4,8,16-17H,5-6,9-10H2/b16-8?,18-13+. The van der Waals surface area contributed by atoms with Crippen LogP contribution in [-0.4, -0.2) is 31.8 Å². The first-order valence-electron chi connectivity index (χ1n) is 5.72. The van der Waals surface area contributed by atoms with Crippen LogP contribution >= 0.6 is 0 Å². The highest BCUT2D eigenvalue weighted by Gasteiger charge is 1.98. The van der Waals surface area contributed by atoms with Crippen LogP contribution in [0.15, 0.2) is 29.4 Å². The molecule has 0 fully saturated rings. The maximum atomic E-state index is 11.8. The van der Waals surface area contributed by atoms with Crippen molar-refractivity contribution < 1.29 is 9.13 Å². The van der Waals surface area contributed by atoms with E-state index >= 15 is 0 Å². The Hall–Kier alpha value is -2.26. The summed E-state index contributed by atoms with van der Waals surface area (Å²) in [5.41, 5.74) is 4.41. The van der Waals surface area contributed by atoms with E-state index in [9.17, 15) is 4.39 Å². The molecule has 0 spiro atoms. The van der Waals surface area contributed by atoms with Crippen molar-refractivity contribution in [1.29, 1.82) is 10.7 Å². The molecule has 0 amide bonds. The summed E-state index contributed by atoms with van der Waals surface area (Å²) in [4.78, 5) is 0. The molecule has 5 nitrogen and oxygen atoms in total. The zero-order valence-corrected chi connectivity index (χ0v) is 10.4. The predicted octanol–water partition coefficient (Wildman–Crippen LogP) is 1.64. The molecule has 0 aliphatic rings. The molecule has 1 aromatic rings. The van der Waals surface area contributed by atoms with Crippen molar-refractivity contribution in [2.24, 2.45) is 5.10 Å². The zero-order valence-electron chi connectivity index (χ0n) is 10.4. The molecule has 0 saturated heterocycles. The molecular weight excluding hydrogens is 247 g/mol. The van der Waals surface area contributed by atoms with E-state index in [1.54, 1.807) is 24.3 Å². The fourth-order valence-electron chi connectivity index (χ4n) is 1.25. The van der Waals surface area contributed by atoms with Crippen molar-refractivity contribution in [2.75, 3.05) is 19.8 Å². The van der Waals surface area contributed by atoms with E-state index in [0.29, 0.717) is 17.9 Å². The first kappa shape index (κ1) is 14.8. The number of hydrogen-bond donors (Lipinski definition) is 2. The lowest BCUT2D eigenvalue weighted by molar-refractivity contribution is 0.159. The molecular formula is C13H15FN4O. The van der Waals surface area contributed by atoms with Gasteiger partial charge in [0.1, 0.15) is 12.4 Å². The van der Waals surface area contributed by atoms with Gasteiger partial charge >= 0.3 is 0 Å². The van der Waals surface area contributed by atoms with Gasteiger partial charge in [0.2, 0.25) is 0 Å². The Morgan fingerprint density at radius 3 is 2.79 bits per heavy atom. The van der Waals surface area contributed by atoms with Gasteiger partial charge in [0.25, 0.3) is 0 Å². The summed E-state index contributed by atoms with van der Waals surface area (Å²) >= 11 is 0. The first-order valence-corrected chi connectivity index (χ1v) is 5.72. The van der Waals surface area contributed by atoms with Gasteiger partial charge in [0.05, 0.1) is 31.4 Å². The molecule has 0 radical (unpaired) electrons. The van der Waals surface area contributed by atoms with E-state index in [1.165, 1.54) is 0 Å². The second-order valence-corrected chi connectivity index (χ2v) is 3.65. The molecule has 0 saturated carbocycles. The van der Waals surface area contributed by atoms with Gasteiger partial charge in [0, 0.05) is 6.21 Å². The molecule has 0 aromatic heterocycles. The molecule has 0 atom stereocenters. The molecule has 0 aliphatic heterocycles. The van der Waals surface area contributed by atoms with E-state index in [4.69, 9.17) is 15.4 Å². The summed E-state index contributed by atoms with van der Waals surface area (Å²) in [5, 5.41) is 19.6. The lowest BCUT2D eigenvalue weighted by Gasteiger charge is -2.05. The summed E-state index contributed by atoms with van der Waals surface area (Å²) in [6.45, 7) is 0.137. The Labute approximate surface area is 111 Å². The second kappa shape index (κ2) is 8.78. The van der Waals surface area contributed by atoms with Gasteiger partial charge in [-0.1, -0.05) is 12.1 Å². The van der Waals surface area contributed by atoms with E-state index in [0.717, 1.165) is 11.8 Å². The van der Waals surface area contributed by atoms with E-state index in [1.807, 2.05) is 6.07 Å². The summed E-state index contributed by atoms with van der Waals surface area (Å²) < 4.78 is 17.2. The van der Waals surface area contributed by atoms with Crippen LogP contribution in [-0.2, 0) is 11.3 Å². The smallest absolute Gasteiger partial charge is 0.108 e. The van der Waals surface area contributed by atoms with Gasteiger partial charge in [-0.3, -0.25) is 0 Å². The highest BCUT2D eigenvalue weighted by molar-refractivity contribution is 6.30. The van der Waals surface area contributed by atoms with Gasteiger partial charge in [-0.25, -0.2) is 4.39 Å². The number of ether oxygens (including phenoxy) is 1. The Balaban J connectivity index is 2.37. The molecule has 100 valence electrons. The van der Waals surface area contributed by atoms with Crippen molar-refractivity contribution in [1.82, 2.24) is 5.43 Å². The maximum Gasteiger partial charge on any atom is 0.108 e. The van der Waals surface area contributed by atoms with Gasteiger partial charge in [-0.2, -0.15) is 10.4 Å². The number of alkyl halides is 1. The Morgan fingerprint density at radius 1 is 1.47 bits per heavy atom. The van der Waals surface area contributed by atoms with Gasteiger partial charge < -0.3 is 15.6 Å². The average molecular weight is 262 g/mol. The van der Waals surface area contributed by atoms with Gasteiger partial charge in [-0.15, -0.1) is 0 Å². The summed E-state index contributed by atoms with van der Waals surface area (Å²) in [6, 6.07) is 9.08. The third-order valence-corrected chi connectivity index (χ3v) is 2.20. The molecule has 0 heterocycles. The van der Waals surface area contributed by atoms with Crippen LogP contribution in [0.3, 0.4) is 0 Å². The fraction of sp³-hybridized carbons (Fsp3) is 0.308. The predicted molar refractivity (Wildman–Crippen MR) is 71.0 cm³/mol. The van der Waals surface area contributed by atoms with E-state index in [-0.39, 0.29) is 13.2 Å². The minimum atomic E-state index is -0.513. The number of rotatable bonds is 8. The molecule has 2 N–H and O–H groups in total.